The maximum atomic E-state index is 12.2. The Balaban J connectivity index is 1.61. The number of carbonyl (C=O) groups is 1. The quantitative estimate of drug-likeness (QED) is 0.843. The molecule has 0 saturated carbocycles. The molecule has 0 bridgehead atoms. The summed E-state index contributed by atoms with van der Waals surface area (Å²) in [6.45, 7) is 1.36. The minimum Gasteiger partial charge on any atom is -0.482 e. The lowest BCUT2D eigenvalue weighted by Crippen LogP contribution is -2.38. The van der Waals surface area contributed by atoms with Gasteiger partial charge in [-0.3, -0.25) is 4.79 Å². The number of fused-ring (bicyclic) bond motifs is 1. The molecule has 2 aromatic rings. The van der Waals surface area contributed by atoms with Gasteiger partial charge in [-0.15, -0.1) is 11.3 Å². The molecule has 2 heterocycles. The van der Waals surface area contributed by atoms with Crippen molar-refractivity contribution in [1.82, 2.24) is 4.90 Å². The highest BCUT2D eigenvalue weighted by Gasteiger charge is 2.21. The first-order chi connectivity index (χ1) is 10.1. The standard InChI is InChI=1S/C15H13Cl2NO2S/c16-11-1-2-12(17)13(7-11)20-9-15(19)18-5-3-14-10(8-18)4-6-21-14/h1-2,4,6-7H,3,5,8-9H2. The highest BCUT2D eigenvalue weighted by Crippen LogP contribution is 2.28. The Morgan fingerprint density at radius 2 is 2.19 bits per heavy atom. The van der Waals surface area contributed by atoms with E-state index in [4.69, 9.17) is 27.9 Å². The van der Waals surface area contributed by atoms with E-state index in [0.717, 1.165) is 13.0 Å². The number of amides is 1. The summed E-state index contributed by atoms with van der Waals surface area (Å²) in [7, 11) is 0. The van der Waals surface area contributed by atoms with Gasteiger partial charge in [-0.25, -0.2) is 0 Å². The van der Waals surface area contributed by atoms with Gasteiger partial charge < -0.3 is 9.64 Å². The predicted octanol–water partition coefficient (Wildman–Crippen LogP) is 4.02. The van der Waals surface area contributed by atoms with Crippen LogP contribution in [-0.4, -0.2) is 24.0 Å². The van der Waals surface area contributed by atoms with Crippen molar-refractivity contribution in [1.29, 1.82) is 0 Å². The first kappa shape index (κ1) is 14.7. The van der Waals surface area contributed by atoms with E-state index >= 15 is 0 Å². The third-order valence-electron chi connectivity index (χ3n) is 3.40. The Kier molecular flexibility index (Phi) is 4.38. The number of nitrogens with zero attached hydrogens (tertiary/aromatic N) is 1. The fourth-order valence-electron chi connectivity index (χ4n) is 2.28. The molecule has 0 fully saturated rings. The lowest BCUT2D eigenvalue weighted by molar-refractivity contribution is -0.134. The maximum absolute atomic E-state index is 12.2. The van der Waals surface area contributed by atoms with Crippen LogP contribution >= 0.6 is 34.5 Å². The molecule has 1 amide bonds. The maximum Gasteiger partial charge on any atom is 0.260 e. The molecule has 0 N–H and O–H groups in total. The minimum absolute atomic E-state index is 0.0282. The first-order valence-corrected chi connectivity index (χ1v) is 8.18. The molecule has 21 heavy (non-hydrogen) atoms. The molecule has 0 saturated heterocycles. The molecule has 3 nitrogen and oxygen atoms in total. The highest BCUT2D eigenvalue weighted by atomic mass is 35.5. The molecule has 0 radical (unpaired) electrons. The van der Waals surface area contributed by atoms with Gasteiger partial charge >= 0.3 is 0 Å². The Morgan fingerprint density at radius 1 is 1.33 bits per heavy atom. The summed E-state index contributed by atoms with van der Waals surface area (Å²) in [5.41, 5.74) is 1.24. The van der Waals surface area contributed by atoms with Crippen molar-refractivity contribution in [3.8, 4) is 5.75 Å². The minimum atomic E-state index is -0.0390. The zero-order valence-corrected chi connectivity index (χ0v) is 13.5. The molecular weight excluding hydrogens is 329 g/mol. The van der Waals surface area contributed by atoms with Crippen LogP contribution in [-0.2, 0) is 17.8 Å². The molecule has 1 aromatic carbocycles. The van der Waals surface area contributed by atoms with Crippen molar-refractivity contribution in [2.75, 3.05) is 13.2 Å². The molecule has 1 aliphatic heterocycles. The molecule has 1 aromatic heterocycles. The molecular formula is C15H13Cl2NO2S. The largest absolute Gasteiger partial charge is 0.482 e. The molecule has 1 aliphatic rings. The molecule has 0 atom stereocenters. The van der Waals surface area contributed by atoms with Crippen LogP contribution in [0.3, 0.4) is 0 Å². The fourth-order valence-corrected chi connectivity index (χ4v) is 3.50. The van der Waals surface area contributed by atoms with Gasteiger partial charge in [0.25, 0.3) is 5.91 Å². The number of carbonyl (C=O) groups excluding carboxylic acids is 1. The van der Waals surface area contributed by atoms with Gasteiger partial charge in [0.1, 0.15) is 5.75 Å². The van der Waals surface area contributed by atoms with Crippen molar-refractivity contribution in [2.24, 2.45) is 0 Å². The number of ether oxygens (including phenoxy) is 1. The summed E-state index contributed by atoms with van der Waals surface area (Å²) in [4.78, 5) is 15.4. The van der Waals surface area contributed by atoms with E-state index in [1.807, 2.05) is 4.90 Å². The van der Waals surface area contributed by atoms with E-state index in [-0.39, 0.29) is 12.5 Å². The second-order valence-electron chi connectivity index (χ2n) is 4.80. The number of rotatable bonds is 3. The number of benzene rings is 1. The average molecular weight is 342 g/mol. The van der Waals surface area contributed by atoms with Crippen molar-refractivity contribution < 1.29 is 9.53 Å². The SMILES string of the molecule is O=C(COc1cc(Cl)ccc1Cl)N1CCc2sccc2C1. The topological polar surface area (TPSA) is 29.5 Å². The van der Waals surface area contributed by atoms with Gasteiger partial charge in [-0.2, -0.15) is 0 Å². The van der Waals surface area contributed by atoms with Crippen LogP contribution in [0.5, 0.6) is 5.75 Å². The van der Waals surface area contributed by atoms with E-state index in [2.05, 4.69) is 11.4 Å². The van der Waals surface area contributed by atoms with E-state index in [1.165, 1.54) is 10.4 Å². The van der Waals surface area contributed by atoms with Crippen LogP contribution < -0.4 is 4.74 Å². The Bertz CT molecular complexity index is 671. The summed E-state index contributed by atoms with van der Waals surface area (Å²) < 4.78 is 5.50. The fraction of sp³-hybridized carbons (Fsp3) is 0.267. The van der Waals surface area contributed by atoms with Crippen molar-refractivity contribution in [2.45, 2.75) is 13.0 Å². The number of hydrogen-bond acceptors (Lipinski definition) is 3. The third kappa shape index (κ3) is 3.34. The summed E-state index contributed by atoms with van der Waals surface area (Å²) in [5.74, 6) is 0.397. The number of hydrogen-bond donors (Lipinski definition) is 0. The van der Waals surface area contributed by atoms with Crippen LogP contribution in [0.2, 0.25) is 10.0 Å². The van der Waals surface area contributed by atoms with Crippen molar-refractivity contribution in [3.63, 3.8) is 0 Å². The average Bonchev–Trinajstić information content (AvgIpc) is 2.95. The van der Waals surface area contributed by atoms with Crippen LogP contribution in [0.15, 0.2) is 29.6 Å². The summed E-state index contributed by atoms with van der Waals surface area (Å²) >= 11 is 13.7. The summed E-state index contributed by atoms with van der Waals surface area (Å²) in [5, 5.41) is 3.05. The van der Waals surface area contributed by atoms with Crippen molar-refractivity contribution in [3.05, 3.63) is 50.1 Å². The van der Waals surface area contributed by atoms with Crippen LogP contribution in [0.4, 0.5) is 0 Å². The van der Waals surface area contributed by atoms with E-state index in [9.17, 15) is 4.79 Å². The Labute approximate surface area is 137 Å². The van der Waals surface area contributed by atoms with E-state index in [0.29, 0.717) is 22.3 Å². The van der Waals surface area contributed by atoms with Crippen LogP contribution in [0.1, 0.15) is 10.4 Å². The van der Waals surface area contributed by atoms with Gasteiger partial charge in [0, 0.05) is 29.1 Å². The summed E-state index contributed by atoms with van der Waals surface area (Å²) in [6.07, 6.45) is 0.913. The second kappa shape index (κ2) is 6.26. The third-order valence-corrected chi connectivity index (χ3v) is 4.98. The molecule has 0 aliphatic carbocycles. The van der Waals surface area contributed by atoms with Gasteiger partial charge in [0.05, 0.1) is 5.02 Å². The monoisotopic (exact) mass is 341 g/mol. The molecule has 110 valence electrons. The molecule has 6 heteroatoms. The van der Waals surface area contributed by atoms with Gasteiger partial charge in [0.2, 0.25) is 0 Å². The lowest BCUT2D eigenvalue weighted by Gasteiger charge is -2.27. The van der Waals surface area contributed by atoms with Gasteiger partial charge in [0.15, 0.2) is 6.61 Å². The molecule has 3 rings (SSSR count). The van der Waals surface area contributed by atoms with Crippen LogP contribution in [0.25, 0.3) is 0 Å². The highest BCUT2D eigenvalue weighted by molar-refractivity contribution is 7.10. The van der Waals surface area contributed by atoms with Gasteiger partial charge in [-0.1, -0.05) is 23.2 Å². The van der Waals surface area contributed by atoms with E-state index in [1.54, 1.807) is 29.5 Å². The van der Waals surface area contributed by atoms with Crippen LogP contribution in [0, 0.1) is 0 Å². The number of thiophene rings is 1. The van der Waals surface area contributed by atoms with E-state index < -0.39 is 0 Å². The Hall–Kier alpha value is -1.23. The first-order valence-electron chi connectivity index (χ1n) is 6.54. The molecule has 0 spiro atoms. The lowest BCUT2D eigenvalue weighted by atomic mass is 10.1. The summed E-state index contributed by atoms with van der Waals surface area (Å²) in [6, 6.07) is 7.03. The zero-order valence-electron chi connectivity index (χ0n) is 11.1. The molecule has 0 unspecified atom stereocenters. The second-order valence-corrected chi connectivity index (χ2v) is 6.64. The predicted molar refractivity (Wildman–Crippen MR) is 85.4 cm³/mol. The number of halogens is 2. The smallest absolute Gasteiger partial charge is 0.260 e. The normalized spacial score (nSPS) is 13.9. The Morgan fingerprint density at radius 3 is 3.05 bits per heavy atom. The van der Waals surface area contributed by atoms with Gasteiger partial charge in [-0.05, 0) is 35.6 Å². The zero-order chi connectivity index (χ0) is 14.8. The van der Waals surface area contributed by atoms with Crippen molar-refractivity contribution >= 4 is 40.4 Å².